The topological polar surface area (TPSA) is 66.4 Å². The number of hydrogen-bond donors (Lipinski definition) is 2. The van der Waals surface area contributed by atoms with E-state index in [4.69, 9.17) is 0 Å². The molecule has 0 atom stereocenters. The molecular weight excluding hydrogens is 290 g/mol. The molecule has 4 nitrogen and oxygen atoms in total. The van der Waals surface area contributed by atoms with Gasteiger partial charge in [0.1, 0.15) is 5.41 Å². The molecule has 0 aromatic heterocycles. The monoisotopic (exact) mass is 311 g/mol. The van der Waals surface area contributed by atoms with E-state index in [1.54, 1.807) is 0 Å². The molecule has 4 heteroatoms. The number of benzene rings is 2. The van der Waals surface area contributed by atoms with Gasteiger partial charge < -0.3 is 10.4 Å². The third kappa shape index (κ3) is 3.07. The summed E-state index contributed by atoms with van der Waals surface area (Å²) in [5.41, 5.74) is -0.0663. The van der Waals surface area contributed by atoms with Crippen molar-refractivity contribution in [2.24, 2.45) is 5.41 Å². The van der Waals surface area contributed by atoms with Gasteiger partial charge in [-0.3, -0.25) is 9.59 Å². The summed E-state index contributed by atoms with van der Waals surface area (Å²) in [7, 11) is 0. The largest absolute Gasteiger partial charge is 0.480 e. The van der Waals surface area contributed by atoms with Crippen molar-refractivity contribution in [2.75, 3.05) is 6.54 Å². The van der Waals surface area contributed by atoms with Gasteiger partial charge in [0.25, 0.3) is 0 Å². The van der Waals surface area contributed by atoms with Crippen LogP contribution in [0, 0.1) is 5.41 Å². The van der Waals surface area contributed by atoms with Crippen LogP contribution in [0.5, 0.6) is 0 Å². The molecule has 3 rings (SSSR count). The lowest BCUT2D eigenvalue weighted by Crippen LogP contribution is -2.45. The minimum Gasteiger partial charge on any atom is -0.480 e. The molecule has 0 spiro atoms. The Morgan fingerprint density at radius 1 is 1.04 bits per heavy atom. The maximum Gasteiger partial charge on any atom is 0.319 e. The van der Waals surface area contributed by atoms with Gasteiger partial charge in [0.15, 0.2) is 0 Å². The van der Waals surface area contributed by atoms with Gasteiger partial charge in [-0.1, -0.05) is 55.3 Å². The highest BCUT2D eigenvalue weighted by Gasteiger charge is 2.47. The van der Waals surface area contributed by atoms with Crippen molar-refractivity contribution >= 4 is 22.6 Å². The normalized spacial score (nSPS) is 16.3. The zero-order valence-electron chi connectivity index (χ0n) is 13.0. The summed E-state index contributed by atoms with van der Waals surface area (Å²) in [4.78, 5) is 23.8. The predicted molar refractivity (Wildman–Crippen MR) is 89.2 cm³/mol. The fourth-order valence-electron chi connectivity index (χ4n) is 3.40. The van der Waals surface area contributed by atoms with E-state index in [0.717, 1.165) is 18.4 Å². The third-order valence-corrected chi connectivity index (χ3v) is 4.81. The predicted octanol–water partition coefficient (Wildman–Crippen LogP) is 3.14. The number of carboxylic acids is 1. The second-order valence-corrected chi connectivity index (χ2v) is 6.28. The van der Waals surface area contributed by atoms with Gasteiger partial charge in [-0.15, -0.1) is 0 Å². The molecule has 1 aliphatic carbocycles. The van der Waals surface area contributed by atoms with E-state index >= 15 is 0 Å². The van der Waals surface area contributed by atoms with Crippen LogP contribution in [-0.2, 0) is 16.0 Å². The second kappa shape index (κ2) is 6.41. The number of rotatable bonds is 5. The number of fused-ring (bicyclic) bond motifs is 1. The number of carbonyl (C=O) groups excluding carboxylic acids is 1. The van der Waals surface area contributed by atoms with Gasteiger partial charge in [-0.05, 0) is 35.6 Å². The van der Waals surface area contributed by atoms with Gasteiger partial charge in [0.2, 0.25) is 5.91 Å². The Morgan fingerprint density at radius 3 is 2.43 bits per heavy atom. The molecule has 0 heterocycles. The second-order valence-electron chi connectivity index (χ2n) is 6.28. The molecule has 2 aromatic carbocycles. The summed E-state index contributed by atoms with van der Waals surface area (Å²) in [6.45, 7) is 0.464. The van der Waals surface area contributed by atoms with Crippen molar-refractivity contribution in [3.05, 3.63) is 48.0 Å². The Kier molecular flexibility index (Phi) is 4.33. The third-order valence-electron chi connectivity index (χ3n) is 4.81. The van der Waals surface area contributed by atoms with Crippen molar-refractivity contribution in [1.29, 1.82) is 0 Å². The van der Waals surface area contributed by atoms with Crippen molar-refractivity contribution < 1.29 is 14.7 Å². The minimum absolute atomic E-state index is 0.330. The highest BCUT2D eigenvalue weighted by atomic mass is 16.4. The van der Waals surface area contributed by atoms with Gasteiger partial charge in [-0.25, -0.2) is 0 Å². The van der Waals surface area contributed by atoms with Crippen LogP contribution < -0.4 is 5.32 Å². The average molecular weight is 311 g/mol. The summed E-state index contributed by atoms with van der Waals surface area (Å²) >= 11 is 0. The molecular formula is C19H21NO3. The minimum atomic E-state index is -1.20. The van der Waals surface area contributed by atoms with Crippen LogP contribution in [0.2, 0.25) is 0 Å². The van der Waals surface area contributed by atoms with Crippen molar-refractivity contribution in [3.8, 4) is 0 Å². The van der Waals surface area contributed by atoms with Crippen molar-refractivity contribution in [3.63, 3.8) is 0 Å². The Labute approximate surface area is 135 Å². The molecule has 120 valence electrons. The van der Waals surface area contributed by atoms with Crippen molar-refractivity contribution in [2.45, 2.75) is 32.1 Å². The van der Waals surface area contributed by atoms with E-state index in [0.29, 0.717) is 25.8 Å². The maximum absolute atomic E-state index is 12.3. The molecule has 0 bridgehead atoms. The lowest BCUT2D eigenvalue weighted by atomic mass is 9.85. The molecule has 23 heavy (non-hydrogen) atoms. The molecule has 1 fully saturated rings. The molecule has 1 amide bonds. The number of carbonyl (C=O) groups is 2. The summed E-state index contributed by atoms with van der Waals surface area (Å²) in [6, 6.07) is 14.4. The zero-order chi connectivity index (χ0) is 16.3. The van der Waals surface area contributed by atoms with Crippen LogP contribution >= 0.6 is 0 Å². The van der Waals surface area contributed by atoms with Crippen LogP contribution in [0.4, 0.5) is 0 Å². The van der Waals surface area contributed by atoms with E-state index in [9.17, 15) is 14.7 Å². The molecule has 2 aromatic rings. The SMILES string of the molecule is O=C(O)C1(C(=O)NCCc2ccc3ccccc3c2)CCCC1. The van der Waals surface area contributed by atoms with Crippen LogP contribution in [-0.4, -0.2) is 23.5 Å². The summed E-state index contributed by atoms with van der Waals surface area (Å²) in [5, 5.41) is 14.6. The summed E-state index contributed by atoms with van der Waals surface area (Å²) < 4.78 is 0. The fourth-order valence-corrected chi connectivity index (χ4v) is 3.40. The zero-order valence-corrected chi connectivity index (χ0v) is 13.0. The first-order valence-electron chi connectivity index (χ1n) is 8.11. The van der Waals surface area contributed by atoms with Crippen molar-refractivity contribution in [1.82, 2.24) is 5.32 Å². The Balaban J connectivity index is 1.61. The van der Waals surface area contributed by atoms with E-state index in [1.165, 1.54) is 10.8 Å². The lowest BCUT2D eigenvalue weighted by molar-refractivity contribution is -0.155. The van der Waals surface area contributed by atoms with E-state index in [2.05, 4.69) is 35.6 Å². The maximum atomic E-state index is 12.3. The number of carboxylic acid groups (broad SMARTS) is 1. The standard InChI is InChI=1S/C19H21NO3/c21-17(19(18(22)23)10-3-4-11-19)20-12-9-14-7-8-15-5-1-2-6-16(15)13-14/h1-2,5-8,13H,3-4,9-12H2,(H,20,21)(H,22,23). The highest BCUT2D eigenvalue weighted by molar-refractivity contribution is 6.02. The quantitative estimate of drug-likeness (QED) is 0.834. The highest BCUT2D eigenvalue weighted by Crippen LogP contribution is 2.38. The first-order chi connectivity index (χ1) is 11.1. The fraction of sp³-hybridized carbons (Fsp3) is 0.368. The molecule has 1 aliphatic rings. The molecule has 1 saturated carbocycles. The van der Waals surface area contributed by atoms with Crippen LogP contribution in [0.25, 0.3) is 10.8 Å². The molecule has 0 saturated heterocycles. The average Bonchev–Trinajstić information content (AvgIpc) is 3.06. The first kappa shape index (κ1) is 15.5. The van der Waals surface area contributed by atoms with Gasteiger partial charge in [0, 0.05) is 6.54 Å². The molecule has 2 N–H and O–H groups in total. The molecule has 0 unspecified atom stereocenters. The van der Waals surface area contributed by atoms with E-state index in [1.807, 2.05) is 12.1 Å². The molecule has 0 aliphatic heterocycles. The van der Waals surface area contributed by atoms with Crippen LogP contribution in [0.15, 0.2) is 42.5 Å². The van der Waals surface area contributed by atoms with Gasteiger partial charge in [0.05, 0.1) is 0 Å². The summed E-state index contributed by atoms with van der Waals surface area (Å²) in [5.74, 6) is -1.32. The Bertz CT molecular complexity index is 732. The smallest absolute Gasteiger partial charge is 0.319 e. The lowest BCUT2D eigenvalue weighted by Gasteiger charge is -2.22. The first-order valence-corrected chi connectivity index (χ1v) is 8.11. The molecule has 0 radical (unpaired) electrons. The van der Waals surface area contributed by atoms with Crippen LogP contribution in [0.3, 0.4) is 0 Å². The van der Waals surface area contributed by atoms with Gasteiger partial charge in [-0.2, -0.15) is 0 Å². The number of amides is 1. The van der Waals surface area contributed by atoms with Gasteiger partial charge >= 0.3 is 5.97 Å². The number of aliphatic carboxylic acids is 1. The number of nitrogens with one attached hydrogen (secondary N) is 1. The Hall–Kier alpha value is -2.36. The van der Waals surface area contributed by atoms with Crippen LogP contribution in [0.1, 0.15) is 31.2 Å². The van der Waals surface area contributed by atoms with E-state index < -0.39 is 11.4 Å². The van der Waals surface area contributed by atoms with E-state index in [-0.39, 0.29) is 5.91 Å². The number of hydrogen-bond acceptors (Lipinski definition) is 2. The Morgan fingerprint density at radius 2 is 1.74 bits per heavy atom. The summed E-state index contributed by atoms with van der Waals surface area (Å²) in [6.07, 6.45) is 3.22.